The Hall–Kier alpha value is -2.49. The lowest BCUT2D eigenvalue weighted by atomic mass is 9.86. The highest BCUT2D eigenvalue weighted by molar-refractivity contribution is 5.94. The molecule has 2 aromatic carbocycles. The molecule has 0 bridgehead atoms. The second kappa shape index (κ2) is 8.68. The van der Waals surface area contributed by atoms with E-state index in [1.54, 1.807) is 7.11 Å². The summed E-state index contributed by atoms with van der Waals surface area (Å²) in [6.07, 6.45) is 4.53. The van der Waals surface area contributed by atoms with Crippen molar-refractivity contribution in [2.45, 2.75) is 64.5 Å². The summed E-state index contributed by atoms with van der Waals surface area (Å²) in [6.45, 7) is 6.86. The number of hydrogen-bond acceptors (Lipinski definition) is 3. The first-order valence-corrected chi connectivity index (χ1v) is 10.1. The minimum absolute atomic E-state index is 0.0102. The van der Waals surface area contributed by atoms with Gasteiger partial charge in [0.05, 0.1) is 7.11 Å². The van der Waals surface area contributed by atoms with E-state index in [2.05, 4.69) is 32.2 Å². The van der Waals surface area contributed by atoms with Gasteiger partial charge >= 0.3 is 0 Å². The molecule has 1 saturated carbocycles. The van der Waals surface area contributed by atoms with Gasteiger partial charge in [0.1, 0.15) is 18.1 Å². The van der Waals surface area contributed by atoms with Crippen LogP contribution in [0.5, 0.6) is 11.5 Å². The number of amides is 1. The summed E-state index contributed by atoms with van der Waals surface area (Å²) in [4.78, 5) is 12.6. The largest absolute Gasteiger partial charge is 0.496 e. The second-order valence-corrected chi connectivity index (χ2v) is 8.52. The van der Waals surface area contributed by atoms with Gasteiger partial charge < -0.3 is 14.8 Å². The molecule has 0 aromatic heterocycles. The summed E-state index contributed by atoms with van der Waals surface area (Å²) in [7, 11) is 1.64. The summed E-state index contributed by atoms with van der Waals surface area (Å²) >= 11 is 0. The van der Waals surface area contributed by atoms with Gasteiger partial charge in [0.25, 0.3) is 5.91 Å². The maximum Gasteiger partial charge on any atom is 0.251 e. The summed E-state index contributed by atoms with van der Waals surface area (Å²) < 4.78 is 11.6. The summed E-state index contributed by atoms with van der Waals surface area (Å²) in [5, 5.41) is 3.14. The second-order valence-electron chi connectivity index (χ2n) is 8.52. The maximum absolute atomic E-state index is 12.6. The van der Waals surface area contributed by atoms with Crippen LogP contribution in [0, 0.1) is 0 Å². The fraction of sp³-hybridized carbons (Fsp3) is 0.458. The monoisotopic (exact) mass is 381 g/mol. The highest BCUT2D eigenvalue weighted by Gasteiger charge is 2.20. The number of carbonyl (C=O) groups is 1. The van der Waals surface area contributed by atoms with Gasteiger partial charge in [-0.05, 0) is 48.1 Å². The smallest absolute Gasteiger partial charge is 0.251 e. The molecule has 150 valence electrons. The molecule has 4 nitrogen and oxygen atoms in total. The zero-order valence-electron chi connectivity index (χ0n) is 17.4. The Morgan fingerprint density at radius 1 is 1.07 bits per heavy atom. The molecule has 0 saturated heterocycles. The van der Waals surface area contributed by atoms with Crippen molar-refractivity contribution >= 4 is 5.91 Å². The lowest BCUT2D eigenvalue weighted by Crippen LogP contribution is -2.32. The molecule has 1 amide bonds. The van der Waals surface area contributed by atoms with Gasteiger partial charge in [0.15, 0.2) is 0 Å². The van der Waals surface area contributed by atoms with Gasteiger partial charge in [-0.2, -0.15) is 0 Å². The third-order valence-electron chi connectivity index (χ3n) is 5.31. The Labute approximate surface area is 168 Å². The van der Waals surface area contributed by atoms with E-state index < -0.39 is 0 Å². The number of ether oxygens (including phenoxy) is 2. The average Bonchev–Trinajstić information content (AvgIpc) is 3.18. The van der Waals surface area contributed by atoms with Crippen LogP contribution in [0.2, 0.25) is 0 Å². The quantitative estimate of drug-likeness (QED) is 0.744. The van der Waals surface area contributed by atoms with Gasteiger partial charge in [0.2, 0.25) is 0 Å². The van der Waals surface area contributed by atoms with E-state index in [4.69, 9.17) is 9.47 Å². The minimum atomic E-state index is -0.0223. The van der Waals surface area contributed by atoms with E-state index in [0.717, 1.165) is 35.5 Å². The van der Waals surface area contributed by atoms with Crippen LogP contribution in [0.3, 0.4) is 0 Å². The van der Waals surface area contributed by atoms with E-state index >= 15 is 0 Å². The lowest BCUT2D eigenvalue weighted by molar-refractivity contribution is 0.0937. The molecule has 0 radical (unpaired) electrons. The molecule has 0 heterocycles. The lowest BCUT2D eigenvalue weighted by Gasteiger charge is -2.23. The van der Waals surface area contributed by atoms with Crippen molar-refractivity contribution in [3.05, 3.63) is 59.2 Å². The number of benzene rings is 2. The summed E-state index contributed by atoms with van der Waals surface area (Å²) in [5.74, 6) is 1.56. The zero-order chi connectivity index (χ0) is 20.1. The minimum Gasteiger partial charge on any atom is -0.496 e. The van der Waals surface area contributed by atoms with E-state index in [1.807, 2.05) is 36.4 Å². The van der Waals surface area contributed by atoms with E-state index in [1.165, 1.54) is 12.8 Å². The van der Waals surface area contributed by atoms with Crippen molar-refractivity contribution < 1.29 is 14.3 Å². The Kier molecular flexibility index (Phi) is 6.28. The van der Waals surface area contributed by atoms with E-state index in [0.29, 0.717) is 18.2 Å². The van der Waals surface area contributed by atoms with Crippen LogP contribution in [0.15, 0.2) is 42.5 Å². The van der Waals surface area contributed by atoms with Crippen LogP contribution < -0.4 is 14.8 Å². The molecule has 28 heavy (non-hydrogen) atoms. The first-order valence-electron chi connectivity index (χ1n) is 10.1. The first kappa shape index (κ1) is 20.2. The zero-order valence-corrected chi connectivity index (χ0v) is 17.4. The predicted molar refractivity (Wildman–Crippen MR) is 112 cm³/mol. The van der Waals surface area contributed by atoms with Gasteiger partial charge in [-0.25, -0.2) is 0 Å². The van der Waals surface area contributed by atoms with Gasteiger partial charge in [-0.15, -0.1) is 0 Å². The number of methoxy groups -OCH3 is 1. The van der Waals surface area contributed by atoms with Gasteiger partial charge in [-0.3, -0.25) is 4.79 Å². The number of rotatable bonds is 6. The van der Waals surface area contributed by atoms with Gasteiger partial charge in [-0.1, -0.05) is 51.8 Å². The third kappa shape index (κ3) is 4.86. The summed E-state index contributed by atoms with van der Waals surface area (Å²) in [5.41, 5.74) is 2.66. The topological polar surface area (TPSA) is 47.6 Å². The normalized spacial score (nSPS) is 14.7. The molecule has 4 heteroatoms. The molecule has 0 unspecified atom stereocenters. The number of carbonyl (C=O) groups excluding carboxylic acids is 1. The Morgan fingerprint density at radius 2 is 1.79 bits per heavy atom. The third-order valence-corrected chi connectivity index (χ3v) is 5.31. The molecule has 1 fully saturated rings. The highest BCUT2D eigenvalue weighted by Crippen LogP contribution is 2.32. The van der Waals surface area contributed by atoms with Crippen LogP contribution in [0.25, 0.3) is 0 Å². The van der Waals surface area contributed by atoms with Crippen molar-refractivity contribution in [1.29, 1.82) is 0 Å². The fourth-order valence-corrected chi connectivity index (χ4v) is 3.74. The molecule has 0 atom stereocenters. The average molecular weight is 382 g/mol. The number of para-hydroxylation sites is 1. The van der Waals surface area contributed by atoms with Crippen molar-refractivity contribution in [2.24, 2.45) is 0 Å². The molecule has 1 N–H and O–H groups in total. The van der Waals surface area contributed by atoms with Crippen LogP contribution in [0.4, 0.5) is 0 Å². The molecule has 0 spiro atoms. The molecule has 1 aliphatic rings. The van der Waals surface area contributed by atoms with E-state index in [9.17, 15) is 4.79 Å². The first-order chi connectivity index (χ1) is 13.4. The molecule has 2 aromatic rings. The van der Waals surface area contributed by atoms with E-state index in [-0.39, 0.29) is 11.3 Å². The van der Waals surface area contributed by atoms with Crippen molar-refractivity contribution in [3.8, 4) is 11.5 Å². The van der Waals surface area contributed by atoms with Crippen molar-refractivity contribution in [2.75, 3.05) is 7.11 Å². The molecular formula is C24H31NO3. The SMILES string of the molecule is COc1ccc(C(=O)NC2CCCC2)cc1COc1ccccc1C(C)(C)C. The number of nitrogens with one attached hydrogen (secondary N) is 1. The Bertz CT molecular complexity index is 817. The van der Waals surface area contributed by atoms with Gasteiger partial charge in [0, 0.05) is 17.2 Å². The Balaban J connectivity index is 1.77. The van der Waals surface area contributed by atoms with Crippen LogP contribution in [-0.4, -0.2) is 19.1 Å². The Morgan fingerprint density at radius 3 is 2.46 bits per heavy atom. The predicted octanol–water partition coefficient (Wildman–Crippen LogP) is 5.24. The standard InChI is InChI=1S/C24H31NO3/c1-24(2,3)20-11-7-8-12-22(20)28-16-18-15-17(13-14-21(18)27-4)23(26)25-19-9-5-6-10-19/h7-8,11-15,19H,5-6,9-10,16H2,1-4H3,(H,25,26). The van der Waals surface area contributed by atoms with Crippen molar-refractivity contribution in [1.82, 2.24) is 5.32 Å². The van der Waals surface area contributed by atoms with Crippen LogP contribution >= 0.6 is 0 Å². The molecule has 0 aliphatic heterocycles. The fourth-order valence-electron chi connectivity index (χ4n) is 3.74. The molecule has 1 aliphatic carbocycles. The maximum atomic E-state index is 12.6. The van der Waals surface area contributed by atoms with Crippen molar-refractivity contribution in [3.63, 3.8) is 0 Å². The number of hydrogen-bond donors (Lipinski definition) is 1. The molecule has 3 rings (SSSR count). The molecular weight excluding hydrogens is 350 g/mol. The summed E-state index contributed by atoms with van der Waals surface area (Å²) in [6, 6.07) is 13.9. The highest BCUT2D eigenvalue weighted by atomic mass is 16.5. The van der Waals surface area contributed by atoms with Crippen LogP contribution in [0.1, 0.15) is 67.9 Å². The van der Waals surface area contributed by atoms with Crippen LogP contribution in [-0.2, 0) is 12.0 Å².